The van der Waals surface area contributed by atoms with Gasteiger partial charge in [-0.1, -0.05) is 26.1 Å². The molecular weight excluding hydrogens is 158 g/mol. The second kappa shape index (κ2) is 6.55. The van der Waals surface area contributed by atoms with Crippen molar-refractivity contribution in [3.63, 3.8) is 0 Å². The van der Waals surface area contributed by atoms with Gasteiger partial charge in [0.15, 0.2) is 0 Å². The summed E-state index contributed by atoms with van der Waals surface area (Å²) in [6.45, 7) is 4.98. The normalized spacial score (nSPS) is 12.9. The molecule has 1 unspecified atom stereocenters. The van der Waals surface area contributed by atoms with Crippen LogP contribution in [-0.4, -0.2) is 17.7 Å². The molecule has 0 heterocycles. The quantitative estimate of drug-likeness (QED) is 0.626. The van der Waals surface area contributed by atoms with Gasteiger partial charge in [-0.05, 0) is 12.8 Å². The van der Waals surface area contributed by atoms with Crippen LogP contribution in [0.4, 0.5) is 0 Å². The summed E-state index contributed by atoms with van der Waals surface area (Å²) < 4.78 is 5.48. The fourth-order valence-corrected chi connectivity index (χ4v) is 1.02. The van der Waals surface area contributed by atoms with Crippen molar-refractivity contribution in [2.75, 3.05) is 6.61 Å². The van der Waals surface area contributed by atoms with Gasteiger partial charge in [-0.25, -0.2) is 0 Å². The van der Waals surface area contributed by atoms with E-state index in [1.807, 2.05) is 0 Å². The summed E-state index contributed by atoms with van der Waals surface area (Å²) in [6.07, 6.45) is 2.98. The van der Waals surface area contributed by atoms with Crippen molar-refractivity contribution >= 4 is 17.2 Å². The average molecular weight is 175 g/mol. The maximum absolute atomic E-state index is 5.48. The van der Waals surface area contributed by atoms with E-state index in [2.05, 4.69) is 13.8 Å². The predicted molar refractivity (Wildman–Crippen MR) is 51.7 cm³/mol. The van der Waals surface area contributed by atoms with Crippen LogP contribution in [0.2, 0.25) is 0 Å². The molecule has 0 rings (SSSR count). The maximum atomic E-state index is 5.48. The molecule has 66 valence electrons. The Morgan fingerprint density at radius 2 is 2.18 bits per heavy atom. The molecule has 0 radical (unpaired) electrons. The topological polar surface area (TPSA) is 35.2 Å². The van der Waals surface area contributed by atoms with Gasteiger partial charge >= 0.3 is 0 Å². The molecule has 0 saturated carbocycles. The van der Waals surface area contributed by atoms with E-state index in [-0.39, 0.29) is 6.10 Å². The molecule has 0 fully saturated rings. The standard InChI is InChI=1S/C8H17NOS/c1-3-5-10-7(4-2)6-8(9)11/h7H,3-6H2,1-2H3,(H2,9,11). The first kappa shape index (κ1) is 10.8. The molecule has 0 aromatic heterocycles. The zero-order valence-corrected chi connectivity index (χ0v) is 8.12. The monoisotopic (exact) mass is 175 g/mol. The van der Waals surface area contributed by atoms with Crippen molar-refractivity contribution in [3.8, 4) is 0 Å². The molecule has 0 saturated heterocycles. The molecule has 2 N–H and O–H groups in total. The van der Waals surface area contributed by atoms with Crippen molar-refractivity contribution in [3.05, 3.63) is 0 Å². The van der Waals surface area contributed by atoms with Gasteiger partial charge in [0.25, 0.3) is 0 Å². The third kappa shape index (κ3) is 6.26. The highest BCUT2D eigenvalue weighted by Crippen LogP contribution is 2.03. The molecule has 0 amide bonds. The Labute approximate surface area is 74.1 Å². The lowest BCUT2D eigenvalue weighted by Gasteiger charge is -2.14. The van der Waals surface area contributed by atoms with Crippen LogP contribution in [-0.2, 0) is 4.74 Å². The fraction of sp³-hybridized carbons (Fsp3) is 0.875. The molecule has 2 nitrogen and oxygen atoms in total. The Bertz CT molecular complexity index is 117. The maximum Gasteiger partial charge on any atom is 0.0753 e. The number of hydrogen-bond donors (Lipinski definition) is 1. The third-order valence-corrected chi connectivity index (χ3v) is 1.61. The van der Waals surface area contributed by atoms with Crippen LogP contribution in [0, 0.1) is 0 Å². The molecule has 0 bridgehead atoms. The summed E-state index contributed by atoms with van der Waals surface area (Å²) >= 11 is 4.79. The minimum Gasteiger partial charge on any atom is -0.393 e. The summed E-state index contributed by atoms with van der Waals surface area (Å²) in [5.74, 6) is 0. The van der Waals surface area contributed by atoms with Crippen molar-refractivity contribution in [1.29, 1.82) is 0 Å². The van der Waals surface area contributed by atoms with Crippen LogP contribution in [0.1, 0.15) is 33.1 Å². The Morgan fingerprint density at radius 1 is 1.55 bits per heavy atom. The fourth-order valence-electron chi connectivity index (χ4n) is 0.830. The SMILES string of the molecule is CCCOC(CC)CC(N)=S. The van der Waals surface area contributed by atoms with E-state index in [1.54, 1.807) is 0 Å². The van der Waals surface area contributed by atoms with Crippen molar-refractivity contribution in [2.45, 2.75) is 39.2 Å². The molecule has 1 atom stereocenters. The van der Waals surface area contributed by atoms with Gasteiger partial charge < -0.3 is 10.5 Å². The Morgan fingerprint density at radius 3 is 2.55 bits per heavy atom. The molecule has 11 heavy (non-hydrogen) atoms. The Balaban J connectivity index is 3.49. The minimum absolute atomic E-state index is 0.229. The lowest BCUT2D eigenvalue weighted by Crippen LogP contribution is -2.21. The zero-order chi connectivity index (χ0) is 8.69. The summed E-state index contributed by atoms with van der Waals surface area (Å²) in [4.78, 5) is 0.549. The Hall–Kier alpha value is -0.150. The van der Waals surface area contributed by atoms with E-state index in [4.69, 9.17) is 22.7 Å². The van der Waals surface area contributed by atoms with Crippen LogP contribution in [0.3, 0.4) is 0 Å². The number of hydrogen-bond acceptors (Lipinski definition) is 2. The molecular formula is C8H17NOS. The van der Waals surface area contributed by atoms with E-state index in [1.165, 1.54) is 0 Å². The van der Waals surface area contributed by atoms with Gasteiger partial charge in [0.05, 0.1) is 11.1 Å². The summed E-state index contributed by atoms with van der Waals surface area (Å²) in [7, 11) is 0. The highest BCUT2D eigenvalue weighted by molar-refractivity contribution is 7.80. The van der Waals surface area contributed by atoms with E-state index < -0.39 is 0 Å². The van der Waals surface area contributed by atoms with Crippen LogP contribution in [0.25, 0.3) is 0 Å². The van der Waals surface area contributed by atoms with E-state index >= 15 is 0 Å². The van der Waals surface area contributed by atoms with Crippen LogP contribution in [0.5, 0.6) is 0 Å². The van der Waals surface area contributed by atoms with E-state index in [0.29, 0.717) is 11.4 Å². The van der Waals surface area contributed by atoms with Gasteiger partial charge in [0.2, 0.25) is 0 Å². The Kier molecular flexibility index (Phi) is 6.46. The zero-order valence-electron chi connectivity index (χ0n) is 7.30. The van der Waals surface area contributed by atoms with Gasteiger partial charge in [-0.3, -0.25) is 0 Å². The number of thiocarbonyl (C=S) groups is 1. The van der Waals surface area contributed by atoms with Crippen molar-refractivity contribution < 1.29 is 4.74 Å². The first-order chi connectivity index (χ1) is 5.20. The van der Waals surface area contributed by atoms with Gasteiger partial charge in [0.1, 0.15) is 0 Å². The molecule has 0 aliphatic rings. The van der Waals surface area contributed by atoms with Crippen LogP contribution in [0.15, 0.2) is 0 Å². The second-order valence-corrected chi connectivity index (χ2v) is 3.10. The highest BCUT2D eigenvalue weighted by atomic mass is 32.1. The molecule has 0 aromatic carbocycles. The highest BCUT2D eigenvalue weighted by Gasteiger charge is 2.06. The largest absolute Gasteiger partial charge is 0.393 e. The minimum atomic E-state index is 0.229. The lowest BCUT2D eigenvalue weighted by atomic mass is 10.2. The molecule has 0 spiro atoms. The van der Waals surface area contributed by atoms with Gasteiger partial charge in [-0.15, -0.1) is 0 Å². The smallest absolute Gasteiger partial charge is 0.0753 e. The second-order valence-electron chi connectivity index (χ2n) is 2.57. The third-order valence-electron chi connectivity index (χ3n) is 1.44. The molecule has 0 aromatic rings. The summed E-state index contributed by atoms with van der Waals surface area (Å²) in [6, 6.07) is 0. The molecule has 3 heteroatoms. The molecule has 0 aliphatic carbocycles. The summed E-state index contributed by atoms with van der Waals surface area (Å²) in [5, 5.41) is 0. The first-order valence-electron chi connectivity index (χ1n) is 4.10. The van der Waals surface area contributed by atoms with Gasteiger partial charge in [0, 0.05) is 13.0 Å². The number of rotatable bonds is 6. The van der Waals surface area contributed by atoms with E-state index in [9.17, 15) is 0 Å². The number of nitrogens with two attached hydrogens (primary N) is 1. The van der Waals surface area contributed by atoms with Crippen LogP contribution >= 0.6 is 12.2 Å². The van der Waals surface area contributed by atoms with Crippen LogP contribution < -0.4 is 5.73 Å². The van der Waals surface area contributed by atoms with Crippen molar-refractivity contribution in [1.82, 2.24) is 0 Å². The van der Waals surface area contributed by atoms with Crippen molar-refractivity contribution in [2.24, 2.45) is 5.73 Å². The van der Waals surface area contributed by atoms with E-state index in [0.717, 1.165) is 19.4 Å². The average Bonchev–Trinajstić information content (AvgIpc) is 1.97. The summed E-state index contributed by atoms with van der Waals surface area (Å²) in [5.41, 5.74) is 5.39. The number of ether oxygens (including phenoxy) is 1. The predicted octanol–water partition coefficient (Wildman–Crippen LogP) is 1.87. The molecule has 0 aliphatic heterocycles. The van der Waals surface area contributed by atoms with Gasteiger partial charge in [-0.2, -0.15) is 0 Å². The first-order valence-corrected chi connectivity index (χ1v) is 4.51. The lowest BCUT2D eigenvalue weighted by molar-refractivity contribution is 0.0564.